The van der Waals surface area contributed by atoms with Crippen molar-refractivity contribution in [3.63, 3.8) is 0 Å². The van der Waals surface area contributed by atoms with Crippen LogP contribution in [-0.4, -0.2) is 62.4 Å². The molecule has 2 N–H and O–H groups in total. The highest BCUT2D eigenvalue weighted by Crippen LogP contribution is 2.27. The number of carbonyl (C=O) groups is 2. The maximum atomic E-state index is 12.5. The number of aliphatic carboxylic acids is 1. The third-order valence-electron chi connectivity index (χ3n) is 4.13. The minimum atomic E-state index is -3.74. The molecule has 156 valence electrons. The summed E-state index contributed by atoms with van der Waals surface area (Å²) in [5.74, 6) is -1.14. The van der Waals surface area contributed by atoms with Gasteiger partial charge in [0.05, 0.1) is 18.0 Å². The first-order valence-electron chi connectivity index (χ1n) is 8.77. The zero-order valence-corrected chi connectivity index (χ0v) is 17.2. The fourth-order valence-corrected chi connectivity index (χ4v) is 3.89. The van der Waals surface area contributed by atoms with E-state index < -0.39 is 33.7 Å². The van der Waals surface area contributed by atoms with Crippen LogP contribution in [-0.2, 0) is 37.3 Å². The fourth-order valence-electron chi connectivity index (χ4n) is 2.82. The molecule has 9 nitrogen and oxygen atoms in total. The van der Waals surface area contributed by atoms with Crippen molar-refractivity contribution >= 4 is 22.1 Å². The molecule has 0 fully saturated rings. The largest absolute Gasteiger partial charge is 0.480 e. The maximum Gasteiger partial charge on any atom is 0.411 e. The number of carboxylic acid groups (broad SMARTS) is 1. The third kappa shape index (κ3) is 5.43. The summed E-state index contributed by atoms with van der Waals surface area (Å²) >= 11 is 0. The van der Waals surface area contributed by atoms with E-state index in [4.69, 9.17) is 9.47 Å². The second-order valence-corrected chi connectivity index (χ2v) is 9.25. The lowest BCUT2D eigenvalue weighted by Crippen LogP contribution is -2.50. The molecule has 1 aliphatic heterocycles. The van der Waals surface area contributed by atoms with Crippen molar-refractivity contribution in [1.82, 2.24) is 9.62 Å². The number of fused-ring (bicyclic) bond motifs is 1. The Kier molecular flexibility index (Phi) is 6.68. The average molecular weight is 414 g/mol. The summed E-state index contributed by atoms with van der Waals surface area (Å²) in [5, 5.41) is 9.52. The zero-order valence-electron chi connectivity index (χ0n) is 16.4. The van der Waals surface area contributed by atoms with E-state index in [-0.39, 0.29) is 31.0 Å². The maximum absolute atomic E-state index is 12.5. The van der Waals surface area contributed by atoms with E-state index in [1.165, 1.54) is 19.2 Å². The summed E-state index contributed by atoms with van der Waals surface area (Å²) < 4.78 is 37.4. The van der Waals surface area contributed by atoms with Crippen LogP contribution in [0.2, 0.25) is 0 Å². The summed E-state index contributed by atoms with van der Waals surface area (Å²) in [6.07, 6.45) is -0.682. The van der Waals surface area contributed by atoms with Crippen LogP contribution in [0.5, 0.6) is 0 Å². The van der Waals surface area contributed by atoms with Gasteiger partial charge in [-0.1, -0.05) is 6.07 Å². The van der Waals surface area contributed by atoms with Gasteiger partial charge in [0, 0.05) is 20.1 Å². The van der Waals surface area contributed by atoms with Crippen LogP contribution in [0, 0.1) is 0 Å². The molecule has 0 aromatic heterocycles. The summed E-state index contributed by atoms with van der Waals surface area (Å²) in [5.41, 5.74) is 0.470. The van der Waals surface area contributed by atoms with Crippen LogP contribution in [0.1, 0.15) is 31.9 Å². The van der Waals surface area contributed by atoms with Crippen molar-refractivity contribution in [2.45, 2.75) is 50.3 Å². The van der Waals surface area contributed by atoms with Gasteiger partial charge in [-0.2, -0.15) is 0 Å². The normalized spacial score (nSPS) is 17.1. The van der Waals surface area contributed by atoms with E-state index >= 15 is 0 Å². The number of carbonyl (C=O) groups excluding carboxylic acids is 1. The first-order chi connectivity index (χ1) is 12.9. The van der Waals surface area contributed by atoms with Crippen LogP contribution in [0.25, 0.3) is 0 Å². The van der Waals surface area contributed by atoms with E-state index in [2.05, 4.69) is 4.72 Å². The summed E-state index contributed by atoms with van der Waals surface area (Å²) in [6.45, 7) is 5.37. The molecule has 0 aliphatic carbocycles. The fraction of sp³-hybridized carbons (Fsp3) is 0.556. The summed E-state index contributed by atoms with van der Waals surface area (Å²) in [4.78, 5) is 25.3. The lowest BCUT2D eigenvalue weighted by molar-refractivity contribution is -0.143. The molecule has 1 aliphatic rings. The minimum absolute atomic E-state index is 0.0419. The Morgan fingerprint density at radius 3 is 2.54 bits per heavy atom. The molecule has 1 aromatic carbocycles. The molecule has 0 radical (unpaired) electrons. The smallest absolute Gasteiger partial charge is 0.411 e. The number of methoxy groups -OCH3 is 1. The number of nitrogens with zero attached hydrogens (tertiary/aromatic N) is 1. The molecule has 2 rings (SSSR count). The Labute approximate surface area is 164 Å². The summed E-state index contributed by atoms with van der Waals surface area (Å²) in [7, 11) is -2.27. The number of sulfonamides is 1. The predicted octanol–water partition coefficient (Wildman–Crippen LogP) is 1.36. The average Bonchev–Trinajstić information content (AvgIpc) is 2.58. The Morgan fingerprint density at radius 1 is 1.29 bits per heavy atom. The lowest BCUT2D eigenvalue weighted by atomic mass is 9.94. The van der Waals surface area contributed by atoms with Crippen LogP contribution in [0.15, 0.2) is 23.1 Å². The standard InChI is InChI=1S/C18H26N2O7S/c1-18(2,3)27-17(23)20-11-13-9-14(28(24,25)19-7-8-26-4)6-5-12(13)10-15(20)16(21)22/h5-6,9,15,19H,7-8,10-11H2,1-4H3,(H,21,22). The molecule has 0 spiro atoms. The number of hydrogen-bond acceptors (Lipinski definition) is 6. The van der Waals surface area contributed by atoms with E-state index in [1.54, 1.807) is 26.8 Å². The number of hydrogen-bond donors (Lipinski definition) is 2. The SMILES string of the molecule is COCCNS(=O)(=O)c1ccc2c(c1)CN(C(=O)OC(C)(C)C)C(C(=O)O)C2. The van der Waals surface area contributed by atoms with Gasteiger partial charge in [0.1, 0.15) is 11.6 Å². The van der Waals surface area contributed by atoms with E-state index in [0.717, 1.165) is 4.90 Å². The highest BCUT2D eigenvalue weighted by molar-refractivity contribution is 7.89. The topological polar surface area (TPSA) is 122 Å². The summed E-state index contributed by atoms with van der Waals surface area (Å²) in [6, 6.07) is 3.39. The Bertz CT molecular complexity index is 846. The van der Waals surface area contributed by atoms with Crippen molar-refractivity contribution in [2.24, 2.45) is 0 Å². The number of amides is 1. The lowest BCUT2D eigenvalue weighted by Gasteiger charge is -2.35. The molecule has 10 heteroatoms. The molecule has 1 heterocycles. The van der Waals surface area contributed by atoms with Crippen LogP contribution < -0.4 is 4.72 Å². The second kappa shape index (κ2) is 8.46. The second-order valence-electron chi connectivity index (χ2n) is 7.49. The van der Waals surface area contributed by atoms with Gasteiger partial charge < -0.3 is 14.6 Å². The molecule has 0 bridgehead atoms. The molecular weight excluding hydrogens is 388 g/mol. The van der Waals surface area contributed by atoms with Gasteiger partial charge in [-0.15, -0.1) is 0 Å². The molecule has 0 saturated heterocycles. The highest BCUT2D eigenvalue weighted by atomic mass is 32.2. The van der Waals surface area contributed by atoms with Gasteiger partial charge in [-0.05, 0) is 44.0 Å². The van der Waals surface area contributed by atoms with Gasteiger partial charge >= 0.3 is 12.1 Å². The van der Waals surface area contributed by atoms with E-state index in [1.807, 2.05) is 0 Å². The molecule has 28 heavy (non-hydrogen) atoms. The van der Waals surface area contributed by atoms with Crippen LogP contribution in [0.4, 0.5) is 4.79 Å². The first kappa shape index (κ1) is 22.1. The third-order valence-corrected chi connectivity index (χ3v) is 5.59. The van der Waals surface area contributed by atoms with Crippen LogP contribution >= 0.6 is 0 Å². The van der Waals surface area contributed by atoms with Gasteiger partial charge in [0.25, 0.3) is 0 Å². The van der Waals surface area contributed by atoms with Gasteiger partial charge in [0.15, 0.2) is 0 Å². The molecule has 1 unspecified atom stereocenters. The Balaban J connectivity index is 2.31. The van der Waals surface area contributed by atoms with Gasteiger partial charge in [0.2, 0.25) is 10.0 Å². The Morgan fingerprint density at radius 2 is 1.96 bits per heavy atom. The molecular formula is C18H26N2O7S. The van der Waals surface area contributed by atoms with Gasteiger partial charge in [-0.25, -0.2) is 22.7 Å². The monoisotopic (exact) mass is 414 g/mol. The highest BCUT2D eigenvalue weighted by Gasteiger charge is 2.37. The predicted molar refractivity (Wildman–Crippen MR) is 100 cm³/mol. The Hall–Kier alpha value is -2.17. The number of rotatable bonds is 6. The van der Waals surface area contributed by atoms with Crippen molar-refractivity contribution < 1.29 is 32.6 Å². The molecule has 1 aromatic rings. The van der Waals surface area contributed by atoms with Crippen molar-refractivity contribution in [3.05, 3.63) is 29.3 Å². The zero-order chi connectivity index (χ0) is 21.1. The van der Waals surface area contributed by atoms with Crippen molar-refractivity contribution in [2.75, 3.05) is 20.3 Å². The number of nitrogens with one attached hydrogen (secondary N) is 1. The number of carboxylic acids is 1. The molecule has 1 amide bonds. The van der Waals surface area contributed by atoms with Gasteiger partial charge in [-0.3, -0.25) is 4.90 Å². The quantitative estimate of drug-likeness (QED) is 0.674. The molecule has 1 atom stereocenters. The van der Waals surface area contributed by atoms with Crippen LogP contribution in [0.3, 0.4) is 0 Å². The van der Waals surface area contributed by atoms with E-state index in [9.17, 15) is 23.1 Å². The minimum Gasteiger partial charge on any atom is -0.480 e. The number of ether oxygens (including phenoxy) is 2. The van der Waals surface area contributed by atoms with Crippen molar-refractivity contribution in [1.29, 1.82) is 0 Å². The first-order valence-corrected chi connectivity index (χ1v) is 10.3. The van der Waals surface area contributed by atoms with Crippen molar-refractivity contribution in [3.8, 4) is 0 Å². The number of benzene rings is 1. The van der Waals surface area contributed by atoms with E-state index in [0.29, 0.717) is 11.1 Å². The molecule has 0 saturated carbocycles.